The van der Waals surface area contributed by atoms with Crippen LogP contribution in [-0.4, -0.2) is 41.9 Å². The van der Waals surface area contributed by atoms with Crippen molar-refractivity contribution in [3.8, 4) is 17.6 Å². The second-order valence-electron chi connectivity index (χ2n) is 7.55. The quantitative estimate of drug-likeness (QED) is 0.605. The number of nitrogens with zero attached hydrogens (tertiary/aromatic N) is 1. The lowest BCUT2D eigenvalue weighted by atomic mass is 9.98. The molecule has 1 fully saturated rings. The zero-order chi connectivity index (χ0) is 21.5. The molecule has 7 nitrogen and oxygen atoms in total. The van der Waals surface area contributed by atoms with Gasteiger partial charge >= 0.3 is 6.03 Å². The van der Waals surface area contributed by atoms with Gasteiger partial charge in [0, 0.05) is 17.7 Å². The topological polar surface area (TPSA) is 87.7 Å². The third-order valence-corrected chi connectivity index (χ3v) is 5.49. The highest BCUT2D eigenvalue weighted by Gasteiger charge is 2.48. The molecule has 2 N–H and O–H groups in total. The molecule has 0 radical (unpaired) electrons. The van der Waals surface area contributed by atoms with Crippen LogP contribution in [0, 0.1) is 25.7 Å². The van der Waals surface area contributed by atoms with Crippen LogP contribution in [-0.2, 0) is 11.3 Å². The van der Waals surface area contributed by atoms with E-state index >= 15 is 0 Å². The molecule has 0 unspecified atom stereocenters. The molecule has 0 bridgehead atoms. The van der Waals surface area contributed by atoms with Crippen molar-refractivity contribution in [2.24, 2.45) is 0 Å². The first-order valence-electron chi connectivity index (χ1n) is 9.51. The second-order valence-corrected chi connectivity index (χ2v) is 7.55. The third-order valence-electron chi connectivity index (χ3n) is 5.49. The molecule has 0 aromatic heterocycles. The lowest BCUT2D eigenvalue weighted by molar-refractivity contribution is -0.122. The Balaban J connectivity index is 1.65. The number of aryl methyl sites for hydroxylation is 2. The summed E-state index contributed by atoms with van der Waals surface area (Å²) in [5, 5.41) is 4.86. The highest BCUT2D eigenvalue weighted by atomic mass is 16.5. The van der Waals surface area contributed by atoms with E-state index in [-0.39, 0.29) is 12.5 Å². The van der Waals surface area contributed by atoms with Crippen molar-refractivity contribution in [1.29, 1.82) is 0 Å². The average molecular weight is 403 g/mol. The number of nitrogens with one attached hydrogen (secondary N) is 2. The van der Waals surface area contributed by atoms with Gasteiger partial charge in [-0.2, -0.15) is 0 Å². The molecule has 30 heavy (non-hydrogen) atoms. The number of hydrogen-bond acceptors (Lipinski definition) is 4. The summed E-state index contributed by atoms with van der Waals surface area (Å²) in [5.41, 5.74) is 2.79. The summed E-state index contributed by atoms with van der Waals surface area (Å²) < 4.78 is 5.20. The number of carbonyl (C=O) groups is 3. The minimum Gasteiger partial charge on any atom is -0.497 e. The van der Waals surface area contributed by atoms with Gasteiger partial charge in [0.1, 0.15) is 5.75 Å². The number of rotatable bonds is 3. The molecule has 2 aromatic rings. The van der Waals surface area contributed by atoms with Crippen LogP contribution in [0.5, 0.6) is 5.75 Å². The van der Waals surface area contributed by atoms with Gasteiger partial charge in [-0.05, 0) is 54.8 Å². The molecule has 1 saturated heterocycles. The minimum atomic E-state index is -1.52. The predicted octanol–water partition coefficient (Wildman–Crippen LogP) is 1.90. The van der Waals surface area contributed by atoms with Crippen LogP contribution in [0.4, 0.5) is 4.79 Å². The van der Waals surface area contributed by atoms with Gasteiger partial charge in [0.15, 0.2) is 0 Å². The van der Waals surface area contributed by atoms with E-state index < -0.39 is 17.5 Å². The summed E-state index contributed by atoms with van der Waals surface area (Å²) >= 11 is 0. The number of carbonyl (C=O) groups excluding carboxylic acids is 3. The molecule has 2 aliphatic heterocycles. The van der Waals surface area contributed by atoms with Gasteiger partial charge in [0.25, 0.3) is 11.8 Å². The number of urea groups is 1. The summed E-state index contributed by atoms with van der Waals surface area (Å²) in [4.78, 5) is 39.0. The van der Waals surface area contributed by atoms with E-state index in [0.717, 1.165) is 22.3 Å². The van der Waals surface area contributed by atoms with E-state index in [0.29, 0.717) is 17.9 Å². The SMILES string of the molecule is COc1ccc2c(c1)C(=O)N(C[C@@]1(C#Cc3ccc(C)c(C)c3)NC(=O)NC1=O)C2. The first kappa shape index (κ1) is 19.5. The molecule has 152 valence electrons. The van der Waals surface area contributed by atoms with E-state index in [4.69, 9.17) is 4.74 Å². The number of imide groups is 1. The molecular weight excluding hydrogens is 382 g/mol. The molecule has 0 aliphatic carbocycles. The number of hydrogen-bond donors (Lipinski definition) is 2. The fraction of sp³-hybridized carbons (Fsp3) is 0.261. The van der Waals surface area contributed by atoms with E-state index in [1.165, 1.54) is 12.0 Å². The monoisotopic (exact) mass is 403 g/mol. The van der Waals surface area contributed by atoms with Gasteiger partial charge in [-0.15, -0.1) is 0 Å². The van der Waals surface area contributed by atoms with Crippen LogP contribution in [0.1, 0.15) is 32.6 Å². The van der Waals surface area contributed by atoms with Crippen molar-refractivity contribution in [3.63, 3.8) is 0 Å². The summed E-state index contributed by atoms with van der Waals surface area (Å²) in [6.07, 6.45) is 0. The Morgan fingerprint density at radius 1 is 1.10 bits per heavy atom. The molecule has 4 amide bonds. The van der Waals surface area contributed by atoms with Gasteiger partial charge in [-0.1, -0.05) is 24.0 Å². The summed E-state index contributed by atoms with van der Waals surface area (Å²) in [5.74, 6) is 5.70. The highest BCUT2D eigenvalue weighted by Crippen LogP contribution is 2.28. The van der Waals surface area contributed by atoms with Gasteiger partial charge in [-0.25, -0.2) is 4.79 Å². The molecule has 2 aromatic carbocycles. The van der Waals surface area contributed by atoms with Crippen molar-refractivity contribution in [1.82, 2.24) is 15.5 Å². The van der Waals surface area contributed by atoms with Crippen LogP contribution in [0.25, 0.3) is 0 Å². The number of methoxy groups -OCH3 is 1. The fourth-order valence-electron chi connectivity index (χ4n) is 3.61. The van der Waals surface area contributed by atoms with Crippen LogP contribution in [0.2, 0.25) is 0 Å². The molecule has 1 atom stereocenters. The lowest BCUT2D eigenvalue weighted by Gasteiger charge is -2.26. The van der Waals surface area contributed by atoms with Crippen LogP contribution >= 0.6 is 0 Å². The van der Waals surface area contributed by atoms with Gasteiger partial charge < -0.3 is 15.0 Å². The normalized spacial score (nSPS) is 19.7. The van der Waals surface area contributed by atoms with Crippen molar-refractivity contribution < 1.29 is 19.1 Å². The van der Waals surface area contributed by atoms with E-state index in [1.54, 1.807) is 12.1 Å². The highest BCUT2D eigenvalue weighted by molar-refractivity contribution is 6.10. The maximum atomic E-state index is 12.9. The number of benzene rings is 2. The minimum absolute atomic E-state index is 0.0573. The standard InChI is InChI=1S/C23H21N3O4/c1-14-4-5-16(10-15(14)2)8-9-23(21(28)24-22(29)25-23)13-26-12-17-6-7-18(30-3)11-19(17)20(26)27/h4-7,10-11H,12-13H2,1-3H3,(H2,24,25,28,29)/t23-/m1/s1. The Morgan fingerprint density at radius 2 is 1.90 bits per heavy atom. The molecule has 0 saturated carbocycles. The maximum absolute atomic E-state index is 12.9. The first-order valence-corrected chi connectivity index (χ1v) is 9.51. The second kappa shape index (κ2) is 7.23. The largest absolute Gasteiger partial charge is 0.497 e. The fourth-order valence-corrected chi connectivity index (χ4v) is 3.61. The van der Waals surface area contributed by atoms with E-state index in [1.807, 2.05) is 38.1 Å². The van der Waals surface area contributed by atoms with Crippen molar-refractivity contribution in [2.45, 2.75) is 25.9 Å². The van der Waals surface area contributed by atoms with Gasteiger partial charge in [0.05, 0.1) is 13.7 Å². The van der Waals surface area contributed by atoms with Crippen LogP contribution in [0.15, 0.2) is 36.4 Å². The van der Waals surface area contributed by atoms with Crippen LogP contribution < -0.4 is 15.4 Å². The Morgan fingerprint density at radius 3 is 2.57 bits per heavy atom. The number of ether oxygens (including phenoxy) is 1. The smallest absolute Gasteiger partial charge is 0.323 e. The Labute approximate surface area is 174 Å². The molecular formula is C23H21N3O4. The van der Waals surface area contributed by atoms with Gasteiger partial charge in [0.2, 0.25) is 5.54 Å². The Bertz CT molecular complexity index is 1140. The molecule has 2 heterocycles. The lowest BCUT2D eigenvalue weighted by Crippen LogP contribution is -2.54. The third kappa shape index (κ3) is 3.37. The molecule has 0 spiro atoms. The number of amides is 4. The first-order chi connectivity index (χ1) is 14.3. The van der Waals surface area contributed by atoms with E-state index in [9.17, 15) is 14.4 Å². The predicted molar refractivity (Wildman–Crippen MR) is 110 cm³/mol. The van der Waals surface area contributed by atoms with E-state index in [2.05, 4.69) is 22.5 Å². The zero-order valence-electron chi connectivity index (χ0n) is 17.0. The maximum Gasteiger partial charge on any atom is 0.323 e. The number of fused-ring (bicyclic) bond motifs is 1. The molecule has 2 aliphatic rings. The Kier molecular flexibility index (Phi) is 4.70. The zero-order valence-corrected chi connectivity index (χ0v) is 17.0. The Hall–Kier alpha value is -3.79. The van der Waals surface area contributed by atoms with Crippen molar-refractivity contribution in [2.75, 3.05) is 13.7 Å². The summed E-state index contributed by atoms with van der Waals surface area (Å²) in [6, 6.07) is 10.4. The summed E-state index contributed by atoms with van der Waals surface area (Å²) in [6.45, 7) is 4.26. The summed E-state index contributed by atoms with van der Waals surface area (Å²) in [7, 11) is 1.54. The van der Waals surface area contributed by atoms with Crippen molar-refractivity contribution >= 4 is 17.8 Å². The molecule has 4 rings (SSSR count). The van der Waals surface area contributed by atoms with Crippen LogP contribution in [0.3, 0.4) is 0 Å². The van der Waals surface area contributed by atoms with Gasteiger partial charge in [-0.3, -0.25) is 14.9 Å². The average Bonchev–Trinajstić information content (AvgIpc) is 3.18. The van der Waals surface area contributed by atoms with Crippen molar-refractivity contribution in [3.05, 3.63) is 64.2 Å². The molecule has 7 heteroatoms.